The maximum absolute atomic E-state index is 5.67. The molecule has 1 rings (SSSR count). The van der Waals surface area contributed by atoms with E-state index in [0.717, 1.165) is 26.1 Å². The number of hydrogen-bond donors (Lipinski definition) is 0. The molecule has 13 heavy (non-hydrogen) atoms. The molecule has 3 nitrogen and oxygen atoms in total. The van der Waals surface area contributed by atoms with Crippen molar-refractivity contribution < 1.29 is 4.74 Å². The van der Waals surface area contributed by atoms with Gasteiger partial charge in [-0.2, -0.15) is 0 Å². The van der Waals surface area contributed by atoms with E-state index < -0.39 is 0 Å². The van der Waals surface area contributed by atoms with E-state index >= 15 is 0 Å². The summed E-state index contributed by atoms with van der Waals surface area (Å²) in [6, 6.07) is 0. The van der Waals surface area contributed by atoms with E-state index in [9.17, 15) is 0 Å². The fraction of sp³-hybridized carbons (Fsp3) is 1.00. The summed E-state index contributed by atoms with van der Waals surface area (Å²) in [6.07, 6.45) is 1.44. The lowest BCUT2D eigenvalue weighted by Crippen LogP contribution is -2.49. The fourth-order valence-corrected chi connectivity index (χ4v) is 1.78. The number of rotatable bonds is 4. The number of piperazine rings is 1. The quantitative estimate of drug-likeness (QED) is 0.651. The standard InChI is InChI=1S/C10H22N2O/c1-4-10(13-5-2)12-8-6-11(3)7-9-12/h10H,4-9H2,1-3H3. The molecule has 3 heteroatoms. The number of likely N-dealkylation sites (N-methyl/N-ethyl adjacent to an activating group) is 1. The van der Waals surface area contributed by atoms with E-state index in [1.165, 1.54) is 13.1 Å². The van der Waals surface area contributed by atoms with Crippen LogP contribution in [0.1, 0.15) is 20.3 Å². The van der Waals surface area contributed by atoms with E-state index in [1.54, 1.807) is 0 Å². The topological polar surface area (TPSA) is 15.7 Å². The summed E-state index contributed by atoms with van der Waals surface area (Å²) in [5.41, 5.74) is 0. The Balaban J connectivity index is 2.32. The summed E-state index contributed by atoms with van der Waals surface area (Å²) in [4.78, 5) is 4.82. The molecule has 0 aromatic heterocycles. The van der Waals surface area contributed by atoms with Crippen molar-refractivity contribution in [2.75, 3.05) is 39.8 Å². The minimum absolute atomic E-state index is 0.346. The van der Waals surface area contributed by atoms with Crippen molar-refractivity contribution in [2.24, 2.45) is 0 Å². The highest BCUT2D eigenvalue weighted by atomic mass is 16.5. The molecular weight excluding hydrogens is 164 g/mol. The Hall–Kier alpha value is -0.120. The molecule has 0 bridgehead atoms. The van der Waals surface area contributed by atoms with Crippen LogP contribution < -0.4 is 0 Å². The van der Waals surface area contributed by atoms with E-state index in [-0.39, 0.29) is 0 Å². The lowest BCUT2D eigenvalue weighted by molar-refractivity contribution is -0.0713. The van der Waals surface area contributed by atoms with Gasteiger partial charge in [-0.05, 0) is 20.4 Å². The molecular formula is C10H22N2O. The van der Waals surface area contributed by atoms with Gasteiger partial charge in [0.25, 0.3) is 0 Å². The predicted molar refractivity (Wildman–Crippen MR) is 54.8 cm³/mol. The summed E-state index contributed by atoms with van der Waals surface area (Å²) in [5.74, 6) is 0. The van der Waals surface area contributed by atoms with Gasteiger partial charge in [-0.25, -0.2) is 0 Å². The molecule has 1 unspecified atom stereocenters. The molecule has 1 aliphatic heterocycles. The second-order valence-electron chi connectivity index (χ2n) is 3.66. The first kappa shape index (κ1) is 11.0. The van der Waals surface area contributed by atoms with Gasteiger partial charge in [-0.15, -0.1) is 0 Å². The van der Waals surface area contributed by atoms with E-state index in [4.69, 9.17) is 4.74 Å². The van der Waals surface area contributed by atoms with Gasteiger partial charge >= 0.3 is 0 Å². The van der Waals surface area contributed by atoms with Crippen LogP contribution in [-0.2, 0) is 4.74 Å². The molecule has 0 saturated carbocycles. The largest absolute Gasteiger partial charge is 0.363 e. The summed E-state index contributed by atoms with van der Waals surface area (Å²) in [6.45, 7) is 9.72. The highest BCUT2D eigenvalue weighted by Crippen LogP contribution is 2.09. The van der Waals surface area contributed by atoms with Crippen molar-refractivity contribution in [3.63, 3.8) is 0 Å². The maximum Gasteiger partial charge on any atom is 0.110 e. The van der Waals surface area contributed by atoms with Crippen LogP contribution in [0.3, 0.4) is 0 Å². The Morgan fingerprint density at radius 2 is 1.77 bits per heavy atom. The smallest absolute Gasteiger partial charge is 0.110 e. The second kappa shape index (κ2) is 5.58. The van der Waals surface area contributed by atoms with Crippen molar-refractivity contribution in [3.8, 4) is 0 Å². The Labute approximate surface area is 81.7 Å². The molecule has 0 aromatic carbocycles. The van der Waals surface area contributed by atoms with Crippen LogP contribution in [0, 0.1) is 0 Å². The molecule has 0 spiro atoms. The van der Waals surface area contributed by atoms with Crippen molar-refractivity contribution in [2.45, 2.75) is 26.5 Å². The average molecular weight is 186 g/mol. The van der Waals surface area contributed by atoms with Crippen LogP contribution in [-0.4, -0.2) is 55.9 Å². The van der Waals surface area contributed by atoms with Crippen molar-refractivity contribution in [3.05, 3.63) is 0 Å². The SMILES string of the molecule is CCOC(CC)N1CCN(C)CC1. The molecule has 0 N–H and O–H groups in total. The van der Waals surface area contributed by atoms with E-state index in [1.807, 2.05) is 0 Å². The van der Waals surface area contributed by atoms with Crippen LogP contribution >= 0.6 is 0 Å². The van der Waals surface area contributed by atoms with Crippen LogP contribution in [0.4, 0.5) is 0 Å². The lowest BCUT2D eigenvalue weighted by Gasteiger charge is -2.37. The first-order valence-electron chi connectivity index (χ1n) is 5.32. The Kier molecular flexibility index (Phi) is 4.70. The van der Waals surface area contributed by atoms with Crippen molar-refractivity contribution in [1.29, 1.82) is 0 Å². The predicted octanol–water partition coefficient (Wildman–Crippen LogP) is 1.01. The van der Waals surface area contributed by atoms with Gasteiger partial charge in [-0.1, -0.05) is 6.92 Å². The monoisotopic (exact) mass is 186 g/mol. The summed E-state index contributed by atoms with van der Waals surface area (Å²) < 4.78 is 5.67. The Morgan fingerprint density at radius 3 is 2.23 bits per heavy atom. The highest BCUT2D eigenvalue weighted by molar-refractivity contribution is 4.71. The minimum Gasteiger partial charge on any atom is -0.363 e. The zero-order valence-electron chi connectivity index (χ0n) is 9.12. The maximum atomic E-state index is 5.67. The number of ether oxygens (including phenoxy) is 1. The molecule has 0 aliphatic carbocycles. The molecule has 0 radical (unpaired) electrons. The molecule has 0 amide bonds. The van der Waals surface area contributed by atoms with Crippen molar-refractivity contribution >= 4 is 0 Å². The van der Waals surface area contributed by atoms with Gasteiger partial charge in [0.15, 0.2) is 0 Å². The third-order valence-electron chi connectivity index (χ3n) is 2.65. The zero-order valence-corrected chi connectivity index (χ0v) is 9.12. The fourth-order valence-electron chi connectivity index (χ4n) is 1.78. The molecule has 1 aliphatic rings. The van der Waals surface area contributed by atoms with Crippen LogP contribution in [0.15, 0.2) is 0 Å². The van der Waals surface area contributed by atoms with Gasteiger partial charge in [0.2, 0.25) is 0 Å². The molecule has 1 heterocycles. The average Bonchev–Trinajstić information content (AvgIpc) is 2.16. The second-order valence-corrected chi connectivity index (χ2v) is 3.66. The first-order valence-corrected chi connectivity index (χ1v) is 5.32. The van der Waals surface area contributed by atoms with Gasteiger partial charge in [-0.3, -0.25) is 4.90 Å². The third kappa shape index (κ3) is 3.25. The zero-order chi connectivity index (χ0) is 9.68. The van der Waals surface area contributed by atoms with Gasteiger partial charge in [0.05, 0.1) is 0 Å². The normalized spacial score (nSPS) is 23.3. The minimum atomic E-state index is 0.346. The van der Waals surface area contributed by atoms with E-state index in [0.29, 0.717) is 6.23 Å². The lowest BCUT2D eigenvalue weighted by atomic mass is 10.3. The highest BCUT2D eigenvalue weighted by Gasteiger charge is 2.20. The van der Waals surface area contributed by atoms with Crippen LogP contribution in [0.5, 0.6) is 0 Å². The van der Waals surface area contributed by atoms with E-state index in [2.05, 4.69) is 30.7 Å². The first-order chi connectivity index (χ1) is 6.27. The molecule has 78 valence electrons. The van der Waals surface area contributed by atoms with Gasteiger partial charge < -0.3 is 9.64 Å². The number of hydrogen-bond acceptors (Lipinski definition) is 3. The summed E-state index contributed by atoms with van der Waals surface area (Å²) >= 11 is 0. The Morgan fingerprint density at radius 1 is 1.15 bits per heavy atom. The van der Waals surface area contributed by atoms with Gasteiger partial charge in [0, 0.05) is 32.8 Å². The summed E-state index contributed by atoms with van der Waals surface area (Å²) in [5, 5.41) is 0. The molecule has 1 saturated heterocycles. The number of nitrogens with zero attached hydrogens (tertiary/aromatic N) is 2. The molecule has 1 fully saturated rings. The van der Waals surface area contributed by atoms with Crippen LogP contribution in [0.2, 0.25) is 0 Å². The van der Waals surface area contributed by atoms with Crippen molar-refractivity contribution in [1.82, 2.24) is 9.80 Å². The summed E-state index contributed by atoms with van der Waals surface area (Å²) in [7, 11) is 2.18. The van der Waals surface area contributed by atoms with Gasteiger partial charge in [0.1, 0.15) is 6.23 Å². The Bertz CT molecular complexity index is 133. The van der Waals surface area contributed by atoms with Crippen LogP contribution in [0.25, 0.3) is 0 Å². The molecule has 0 aromatic rings. The molecule has 1 atom stereocenters. The third-order valence-corrected chi connectivity index (χ3v) is 2.65.